The van der Waals surface area contributed by atoms with Crippen LogP contribution in [0.5, 0.6) is 5.75 Å². The molecule has 1 N–H and O–H groups in total. The number of rotatable bonds is 7. The molecule has 0 saturated heterocycles. The largest absolute Gasteiger partial charge is 0.489 e. The highest BCUT2D eigenvalue weighted by atomic mass is 35.5. The lowest BCUT2D eigenvalue weighted by Crippen LogP contribution is -2.13. The molecule has 0 amide bonds. The maximum atomic E-state index is 13.0. The van der Waals surface area contributed by atoms with E-state index in [1.807, 2.05) is 30.5 Å². The molecule has 0 aliphatic rings. The number of ether oxygens (including phenoxy) is 1. The average molecular weight is 430 g/mol. The van der Waals surface area contributed by atoms with E-state index < -0.39 is 0 Å². The van der Waals surface area contributed by atoms with Gasteiger partial charge in [0.25, 0.3) is 0 Å². The molecule has 0 unspecified atom stereocenters. The van der Waals surface area contributed by atoms with Crippen LogP contribution >= 0.6 is 36.4 Å². The van der Waals surface area contributed by atoms with E-state index in [0.717, 1.165) is 22.4 Å². The summed E-state index contributed by atoms with van der Waals surface area (Å²) in [4.78, 5) is 4.10. The Labute approximate surface area is 175 Å². The summed E-state index contributed by atoms with van der Waals surface area (Å²) >= 11 is 6.11. The lowest BCUT2D eigenvalue weighted by molar-refractivity contribution is 0.302. The molecule has 0 spiro atoms. The average Bonchev–Trinajstić information content (AvgIpc) is 2.63. The molecular formula is C20H20Cl3FN2O. The number of pyridine rings is 1. The molecule has 3 nitrogen and oxygen atoms in total. The number of hydrogen-bond donors (Lipinski definition) is 1. The molecule has 0 fully saturated rings. The van der Waals surface area contributed by atoms with Crippen LogP contribution in [0.1, 0.15) is 16.7 Å². The van der Waals surface area contributed by atoms with Crippen molar-refractivity contribution in [2.24, 2.45) is 0 Å². The molecule has 3 aromatic rings. The predicted molar refractivity (Wildman–Crippen MR) is 111 cm³/mol. The normalized spacial score (nSPS) is 9.85. The Morgan fingerprint density at radius 2 is 1.74 bits per heavy atom. The summed E-state index contributed by atoms with van der Waals surface area (Å²) in [6.45, 7) is 1.70. The van der Waals surface area contributed by atoms with Crippen LogP contribution < -0.4 is 10.1 Å². The van der Waals surface area contributed by atoms with Gasteiger partial charge in [0, 0.05) is 36.1 Å². The predicted octanol–water partition coefficient (Wildman–Crippen LogP) is 5.59. The summed E-state index contributed by atoms with van der Waals surface area (Å²) in [5.74, 6) is 0.503. The fraction of sp³-hybridized carbons (Fsp3) is 0.150. The Morgan fingerprint density at radius 3 is 2.44 bits per heavy atom. The number of benzene rings is 2. The fourth-order valence-electron chi connectivity index (χ4n) is 2.41. The van der Waals surface area contributed by atoms with Crippen molar-refractivity contribution in [1.29, 1.82) is 0 Å². The van der Waals surface area contributed by atoms with Crippen LogP contribution in [-0.2, 0) is 19.7 Å². The van der Waals surface area contributed by atoms with Gasteiger partial charge in [-0.2, -0.15) is 0 Å². The van der Waals surface area contributed by atoms with Gasteiger partial charge in [0.15, 0.2) is 0 Å². The maximum Gasteiger partial charge on any atom is 0.124 e. The monoisotopic (exact) mass is 428 g/mol. The van der Waals surface area contributed by atoms with E-state index in [0.29, 0.717) is 24.7 Å². The zero-order valence-electron chi connectivity index (χ0n) is 14.4. The number of aromatic nitrogens is 1. The number of nitrogens with zero attached hydrogens (tertiary/aromatic N) is 1. The molecule has 0 aliphatic carbocycles. The first kappa shape index (κ1) is 23.2. The molecule has 1 aromatic heterocycles. The third-order valence-corrected chi connectivity index (χ3v) is 3.93. The molecule has 144 valence electrons. The summed E-state index contributed by atoms with van der Waals surface area (Å²) in [7, 11) is 0. The summed E-state index contributed by atoms with van der Waals surface area (Å²) in [6, 6.07) is 15.7. The third-order valence-electron chi connectivity index (χ3n) is 3.70. The second-order valence-corrected chi connectivity index (χ2v) is 6.07. The van der Waals surface area contributed by atoms with Crippen LogP contribution in [0.4, 0.5) is 4.39 Å². The minimum atomic E-state index is -0.254. The molecule has 0 aliphatic heterocycles. The lowest BCUT2D eigenvalue weighted by atomic mass is 10.2. The topological polar surface area (TPSA) is 34.1 Å². The van der Waals surface area contributed by atoms with Gasteiger partial charge in [0.1, 0.15) is 18.2 Å². The zero-order valence-corrected chi connectivity index (χ0v) is 16.8. The SMILES string of the molecule is Cl.Cl.Fc1ccc(COc2ccc(Cl)cc2CNCc2cccnc2)cc1. The highest BCUT2D eigenvalue weighted by molar-refractivity contribution is 6.30. The Balaban J connectivity index is 0.00000182. The smallest absolute Gasteiger partial charge is 0.124 e. The molecule has 0 atom stereocenters. The van der Waals surface area contributed by atoms with Gasteiger partial charge in [-0.3, -0.25) is 4.98 Å². The van der Waals surface area contributed by atoms with E-state index in [1.54, 1.807) is 24.4 Å². The number of nitrogens with one attached hydrogen (secondary N) is 1. The summed E-state index contributed by atoms with van der Waals surface area (Å²) in [5.41, 5.74) is 2.99. The number of halogens is 4. The van der Waals surface area contributed by atoms with Crippen LogP contribution in [0.15, 0.2) is 67.0 Å². The fourth-order valence-corrected chi connectivity index (χ4v) is 2.61. The van der Waals surface area contributed by atoms with Crippen LogP contribution in [0, 0.1) is 5.82 Å². The zero-order chi connectivity index (χ0) is 17.5. The van der Waals surface area contributed by atoms with Gasteiger partial charge in [0.05, 0.1) is 0 Å². The molecule has 2 aromatic carbocycles. The highest BCUT2D eigenvalue weighted by Crippen LogP contribution is 2.24. The minimum absolute atomic E-state index is 0. The van der Waals surface area contributed by atoms with Gasteiger partial charge in [-0.25, -0.2) is 4.39 Å². The van der Waals surface area contributed by atoms with Gasteiger partial charge < -0.3 is 10.1 Å². The standard InChI is InChI=1S/C20H18ClFN2O.2ClH/c21-18-5-8-20(25-14-15-3-6-19(22)7-4-15)17(10-18)13-24-12-16-2-1-9-23-11-16;;/h1-11,24H,12-14H2;2*1H. The Hall–Kier alpha value is -1.85. The van der Waals surface area contributed by atoms with Crippen molar-refractivity contribution in [3.63, 3.8) is 0 Å². The first-order chi connectivity index (χ1) is 12.2. The van der Waals surface area contributed by atoms with Crippen LogP contribution in [-0.4, -0.2) is 4.98 Å². The van der Waals surface area contributed by atoms with E-state index in [-0.39, 0.29) is 30.6 Å². The number of hydrogen-bond acceptors (Lipinski definition) is 3. The first-order valence-corrected chi connectivity index (χ1v) is 8.34. The maximum absolute atomic E-state index is 13.0. The Kier molecular flexibility index (Phi) is 10.1. The van der Waals surface area contributed by atoms with Gasteiger partial charge in [-0.05, 0) is 47.5 Å². The molecule has 1 heterocycles. The second-order valence-electron chi connectivity index (χ2n) is 5.63. The van der Waals surface area contributed by atoms with E-state index in [4.69, 9.17) is 16.3 Å². The third kappa shape index (κ3) is 7.35. The van der Waals surface area contributed by atoms with E-state index in [2.05, 4.69) is 10.3 Å². The van der Waals surface area contributed by atoms with E-state index in [9.17, 15) is 4.39 Å². The van der Waals surface area contributed by atoms with Crippen molar-refractivity contribution in [3.05, 3.63) is 94.5 Å². The summed E-state index contributed by atoms with van der Waals surface area (Å²) in [6.07, 6.45) is 3.58. The van der Waals surface area contributed by atoms with Crippen molar-refractivity contribution in [2.45, 2.75) is 19.7 Å². The molecule has 0 radical (unpaired) electrons. The lowest BCUT2D eigenvalue weighted by Gasteiger charge is -2.13. The molecule has 27 heavy (non-hydrogen) atoms. The molecule has 7 heteroatoms. The summed E-state index contributed by atoms with van der Waals surface area (Å²) in [5, 5.41) is 4.02. The van der Waals surface area contributed by atoms with Crippen LogP contribution in [0.25, 0.3) is 0 Å². The Morgan fingerprint density at radius 1 is 0.963 bits per heavy atom. The Bertz CT molecular complexity index is 817. The first-order valence-electron chi connectivity index (χ1n) is 7.96. The van der Waals surface area contributed by atoms with Gasteiger partial charge in [0.2, 0.25) is 0 Å². The van der Waals surface area contributed by atoms with Crippen molar-refractivity contribution in [2.75, 3.05) is 0 Å². The highest BCUT2D eigenvalue weighted by Gasteiger charge is 2.06. The van der Waals surface area contributed by atoms with Crippen molar-refractivity contribution in [3.8, 4) is 5.75 Å². The van der Waals surface area contributed by atoms with Crippen LogP contribution in [0.2, 0.25) is 5.02 Å². The van der Waals surface area contributed by atoms with E-state index in [1.165, 1.54) is 12.1 Å². The molecule has 3 rings (SSSR count). The van der Waals surface area contributed by atoms with Crippen molar-refractivity contribution >= 4 is 36.4 Å². The molecule has 0 saturated carbocycles. The quantitative estimate of drug-likeness (QED) is 0.532. The molecular weight excluding hydrogens is 410 g/mol. The summed E-state index contributed by atoms with van der Waals surface area (Å²) < 4.78 is 18.9. The van der Waals surface area contributed by atoms with Gasteiger partial charge >= 0.3 is 0 Å². The van der Waals surface area contributed by atoms with Gasteiger partial charge in [-0.1, -0.05) is 29.8 Å². The van der Waals surface area contributed by atoms with Gasteiger partial charge in [-0.15, -0.1) is 24.8 Å². The van der Waals surface area contributed by atoms with Crippen molar-refractivity contribution in [1.82, 2.24) is 10.3 Å². The van der Waals surface area contributed by atoms with E-state index >= 15 is 0 Å². The second kappa shape index (κ2) is 11.8. The van der Waals surface area contributed by atoms with Crippen molar-refractivity contribution < 1.29 is 9.13 Å². The van der Waals surface area contributed by atoms with Crippen LogP contribution in [0.3, 0.4) is 0 Å². The minimum Gasteiger partial charge on any atom is -0.489 e. The molecule has 0 bridgehead atoms.